The van der Waals surface area contributed by atoms with Crippen LogP contribution in [0.4, 0.5) is 5.82 Å². The Hall–Kier alpha value is -2.63. The first-order chi connectivity index (χ1) is 11.1. The molecule has 6 heteroatoms. The summed E-state index contributed by atoms with van der Waals surface area (Å²) in [5.41, 5.74) is 6.67. The molecule has 0 radical (unpaired) electrons. The summed E-state index contributed by atoms with van der Waals surface area (Å²) < 4.78 is 0. The normalized spacial score (nSPS) is 14.4. The lowest BCUT2D eigenvalue weighted by molar-refractivity contribution is -0.127. The molecule has 0 bridgehead atoms. The van der Waals surface area contributed by atoms with Crippen molar-refractivity contribution < 1.29 is 9.59 Å². The van der Waals surface area contributed by atoms with Crippen LogP contribution in [-0.2, 0) is 4.79 Å². The number of para-hydroxylation sites is 1. The molecule has 2 aromatic rings. The number of rotatable bonds is 6. The molecule has 0 unspecified atom stereocenters. The number of pyridine rings is 1. The van der Waals surface area contributed by atoms with Gasteiger partial charge in [-0.2, -0.15) is 0 Å². The standard InChI is InChI=1S/C17H20N4O2/c18-17(23)13-11-15(20-14-6-2-1-5-12(13)14)19-8-4-10-21-9-3-7-16(21)22/h1-2,5-6,11H,3-4,7-10H2,(H2,18,23)(H,19,20). The number of carbonyl (C=O) groups is 2. The van der Waals surface area contributed by atoms with Crippen molar-refractivity contribution in [3.63, 3.8) is 0 Å². The van der Waals surface area contributed by atoms with E-state index in [0.717, 1.165) is 36.8 Å². The lowest BCUT2D eigenvalue weighted by atomic mass is 10.1. The molecule has 1 aromatic carbocycles. The molecular formula is C17H20N4O2. The molecule has 0 saturated carbocycles. The minimum absolute atomic E-state index is 0.241. The molecule has 1 aliphatic rings. The molecule has 6 nitrogen and oxygen atoms in total. The quantitative estimate of drug-likeness (QED) is 0.796. The van der Waals surface area contributed by atoms with Crippen LogP contribution in [0.15, 0.2) is 30.3 Å². The molecule has 3 N–H and O–H groups in total. The van der Waals surface area contributed by atoms with Crippen LogP contribution in [0.25, 0.3) is 10.9 Å². The molecule has 1 aromatic heterocycles. The van der Waals surface area contributed by atoms with E-state index in [0.29, 0.717) is 24.3 Å². The molecule has 1 aliphatic heterocycles. The van der Waals surface area contributed by atoms with Crippen LogP contribution in [0.2, 0.25) is 0 Å². The van der Waals surface area contributed by atoms with Crippen molar-refractivity contribution in [2.24, 2.45) is 5.73 Å². The zero-order valence-electron chi connectivity index (χ0n) is 12.9. The van der Waals surface area contributed by atoms with Gasteiger partial charge >= 0.3 is 0 Å². The van der Waals surface area contributed by atoms with Gasteiger partial charge < -0.3 is 16.0 Å². The Balaban J connectivity index is 1.66. The summed E-state index contributed by atoms with van der Waals surface area (Å²) in [7, 11) is 0. The van der Waals surface area contributed by atoms with Gasteiger partial charge in [0.15, 0.2) is 0 Å². The number of likely N-dealkylation sites (tertiary alicyclic amines) is 1. The molecule has 2 amide bonds. The van der Waals surface area contributed by atoms with Gasteiger partial charge in [-0.15, -0.1) is 0 Å². The van der Waals surface area contributed by atoms with Crippen molar-refractivity contribution in [3.8, 4) is 0 Å². The van der Waals surface area contributed by atoms with Crippen LogP contribution < -0.4 is 11.1 Å². The second-order valence-corrected chi connectivity index (χ2v) is 5.70. The Morgan fingerprint density at radius 2 is 2.17 bits per heavy atom. The van der Waals surface area contributed by atoms with E-state index in [2.05, 4.69) is 10.3 Å². The van der Waals surface area contributed by atoms with E-state index in [4.69, 9.17) is 5.73 Å². The number of nitrogens with two attached hydrogens (primary N) is 1. The Bertz CT molecular complexity index is 744. The van der Waals surface area contributed by atoms with Gasteiger partial charge in [0, 0.05) is 31.4 Å². The van der Waals surface area contributed by atoms with Crippen molar-refractivity contribution in [1.29, 1.82) is 0 Å². The van der Waals surface area contributed by atoms with E-state index in [-0.39, 0.29) is 5.91 Å². The molecule has 3 rings (SSSR count). The number of hydrogen-bond acceptors (Lipinski definition) is 4. The Morgan fingerprint density at radius 1 is 1.35 bits per heavy atom. The van der Waals surface area contributed by atoms with Gasteiger partial charge in [-0.05, 0) is 25.0 Å². The highest BCUT2D eigenvalue weighted by Crippen LogP contribution is 2.20. The van der Waals surface area contributed by atoms with Crippen LogP contribution in [0.5, 0.6) is 0 Å². The maximum atomic E-state index is 11.6. The van der Waals surface area contributed by atoms with E-state index >= 15 is 0 Å². The fraction of sp³-hybridized carbons (Fsp3) is 0.353. The largest absolute Gasteiger partial charge is 0.370 e. The van der Waals surface area contributed by atoms with E-state index in [1.165, 1.54) is 0 Å². The topological polar surface area (TPSA) is 88.3 Å². The van der Waals surface area contributed by atoms with Crippen LogP contribution in [-0.4, -0.2) is 41.3 Å². The fourth-order valence-corrected chi connectivity index (χ4v) is 2.90. The van der Waals surface area contributed by atoms with Crippen molar-refractivity contribution in [2.45, 2.75) is 19.3 Å². The maximum absolute atomic E-state index is 11.6. The number of nitrogens with one attached hydrogen (secondary N) is 1. The van der Waals surface area contributed by atoms with Crippen molar-refractivity contribution >= 4 is 28.5 Å². The lowest BCUT2D eigenvalue weighted by Crippen LogP contribution is -2.27. The zero-order valence-corrected chi connectivity index (χ0v) is 12.9. The summed E-state index contributed by atoms with van der Waals surface area (Å²) in [5.74, 6) is 0.407. The van der Waals surface area contributed by atoms with E-state index in [1.54, 1.807) is 6.07 Å². The lowest BCUT2D eigenvalue weighted by Gasteiger charge is -2.15. The molecule has 120 valence electrons. The summed E-state index contributed by atoms with van der Waals surface area (Å²) >= 11 is 0. The highest BCUT2D eigenvalue weighted by atomic mass is 16.2. The Kier molecular flexibility index (Phi) is 4.41. The first-order valence-corrected chi connectivity index (χ1v) is 7.86. The van der Waals surface area contributed by atoms with Crippen LogP contribution >= 0.6 is 0 Å². The Morgan fingerprint density at radius 3 is 2.91 bits per heavy atom. The number of nitrogens with zero attached hydrogens (tertiary/aromatic N) is 2. The van der Waals surface area contributed by atoms with Crippen molar-refractivity contribution in [1.82, 2.24) is 9.88 Å². The first-order valence-electron chi connectivity index (χ1n) is 7.86. The first kappa shape index (κ1) is 15.3. The maximum Gasteiger partial charge on any atom is 0.249 e. The highest BCUT2D eigenvalue weighted by molar-refractivity contribution is 6.06. The third-order valence-corrected chi connectivity index (χ3v) is 4.06. The number of aromatic nitrogens is 1. The summed E-state index contributed by atoms with van der Waals surface area (Å²) in [6.45, 7) is 2.30. The molecule has 1 fully saturated rings. The van der Waals surface area contributed by atoms with Gasteiger partial charge in [0.1, 0.15) is 5.82 Å². The van der Waals surface area contributed by atoms with Gasteiger partial charge in [-0.3, -0.25) is 9.59 Å². The van der Waals surface area contributed by atoms with Gasteiger partial charge in [0.25, 0.3) is 0 Å². The van der Waals surface area contributed by atoms with Gasteiger partial charge in [0.05, 0.1) is 11.1 Å². The van der Waals surface area contributed by atoms with Gasteiger partial charge in [-0.25, -0.2) is 4.98 Å². The van der Waals surface area contributed by atoms with E-state index in [9.17, 15) is 9.59 Å². The van der Waals surface area contributed by atoms with Crippen LogP contribution in [0.1, 0.15) is 29.6 Å². The predicted octanol–water partition coefficient (Wildman–Crippen LogP) is 1.76. The van der Waals surface area contributed by atoms with Crippen LogP contribution in [0, 0.1) is 0 Å². The third kappa shape index (κ3) is 3.41. The van der Waals surface area contributed by atoms with Crippen molar-refractivity contribution in [2.75, 3.05) is 25.0 Å². The monoisotopic (exact) mass is 312 g/mol. The number of benzene rings is 1. The number of hydrogen-bond donors (Lipinski definition) is 2. The second kappa shape index (κ2) is 6.64. The number of primary amides is 1. The van der Waals surface area contributed by atoms with Gasteiger partial charge in [-0.1, -0.05) is 18.2 Å². The average Bonchev–Trinajstić information content (AvgIpc) is 2.96. The number of anilines is 1. The van der Waals surface area contributed by atoms with Crippen molar-refractivity contribution in [3.05, 3.63) is 35.9 Å². The molecule has 1 saturated heterocycles. The fourth-order valence-electron chi connectivity index (χ4n) is 2.90. The summed E-state index contributed by atoms with van der Waals surface area (Å²) in [6, 6.07) is 9.12. The van der Waals surface area contributed by atoms with Crippen LogP contribution in [0.3, 0.4) is 0 Å². The minimum atomic E-state index is -0.464. The smallest absolute Gasteiger partial charge is 0.249 e. The summed E-state index contributed by atoms with van der Waals surface area (Å²) in [6.07, 6.45) is 2.47. The molecule has 0 aliphatic carbocycles. The molecular weight excluding hydrogens is 292 g/mol. The highest BCUT2D eigenvalue weighted by Gasteiger charge is 2.19. The van der Waals surface area contributed by atoms with E-state index < -0.39 is 5.91 Å². The minimum Gasteiger partial charge on any atom is -0.370 e. The number of fused-ring (bicyclic) bond motifs is 1. The number of amides is 2. The molecule has 2 heterocycles. The SMILES string of the molecule is NC(=O)c1cc(NCCCN2CCCC2=O)nc2ccccc12. The summed E-state index contributed by atoms with van der Waals surface area (Å²) in [4.78, 5) is 29.6. The van der Waals surface area contributed by atoms with E-state index in [1.807, 2.05) is 29.2 Å². The van der Waals surface area contributed by atoms with Gasteiger partial charge in [0.2, 0.25) is 11.8 Å². The average molecular weight is 312 g/mol. The molecule has 23 heavy (non-hydrogen) atoms. The Labute approximate surface area is 134 Å². The second-order valence-electron chi connectivity index (χ2n) is 5.70. The molecule has 0 atom stereocenters. The predicted molar refractivity (Wildman–Crippen MR) is 89.2 cm³/mol. The number of carbonyl (C=O) groups excluding carboxylic acids is 2. The third-order valence-electron chi connectivity index (χ3n) is 4.06. The molecule has 0 spiro atoms. The zero-order chi connectivity index (χ0) is 16.2. The summed E-state index contributed by atoms with van der Waals surface area (Å²) in [5, 5.41) is 3.97.